The average molecular weight is 447 g/mol. The van der Waals surface area contributed by atoms with Crippen LogP contribution in [-0.4, -0.2) is 71.7 Å². The molecule has 0 saturated heterocycles. The summed E-state index contributed by atoms with van der Waals surface area (Å²) in [5.41, 5.74) is 5.60. The first kappa shape index (κ1) is 23.9. The van der Waals surface area contributed by atoms with Gasteiger partial charge >= 0.3 is 0 Å². The monoisotopic (exact) mass is 446 g/mol. The number of nitrogens with two attached hydrogens (primary N) is 1. The van der Waals surface area contributed by atoms with E-state index < -0.39 is 30.3 Å². The lowest BCUT2D eigenvalue weighted by atomic mass is 9.77. The summed E-state index contributed by atoms with van der Waals surface area (Å²) in [5.74, 6) is 5.52. The number of ether oxygens (including phenoxy) is 1. The number of hydrogen-bond acceptors (Lipinski definition) is 9. The molecule has 2 heterocycles. The third-order valence-electron chi connectivity index (χ3n) is 5.68. The summed E-state index contributed by atoms with van der Waals surface area (Å²) in [5, 5.41) is 32.6. The minimum absolute atomic E-state index is 0.0490. The lowest BCUT2D eigenvalue weighted by molar-refractivity contribution is -0.147. The highest BCUT2D eigenvalue weighted by molar-refractivity contribution is 5.82. The number of hydrogen-bond donors (Lipinski definition) is 5. The maximum Gasteiger partial charge on any atom is 0.252 e. The minimum atomic E-state index is -1.39. The molecular formula is C21H30N6O5. The Morgan fingerprint density at radius 2 is 2.25 bits per heavy atom. The first-order valence-electron chi connectivity index (χ1n) is 10.7. The number of amides is 1. The number of aliphatic hydroxyl groups excluding tert-OH is 2. The summed E-state index contributed by atoms with van der Waals surface area (Å²) in [6.45, 7) is 3.24. The molecule has 32 heavy (non-hydrogen) atoms. The summed E-state index contributed by atoms with van der Waals surface area (Å²) >= 11 is 0. The van der Waals surface area contributed by atoms with Crippen LogP contribution in [0.4, 0.5) is 5.82 Å². The van der Waals surface area contributed by atoms with Crippen LogP contribution in [0, 0.1) is 17.8 Å². The second-order valence-corrected chi connectivity index (χ2v) is 8.00. The van der Waals surface area contributed by atoms with Gasteiger partial charge in [0.2, 0.25) is 5.82 Å². The van der Waals surface area contributed by atoms with E-state index in [4.69, 9.17) is 10.5 Å². The Kier molecular flexibility index (Phi) is 7.63. The van der Waals surface area contributed by atoms with Crippen molar-refractivity contribution >= 4 is 22.9 Å². The van der Waals surface area contributed by atoms with E-state index in [0.717, 1.165) is 19.3 Å². The number of aliphatic hydroxyl groups is 3. The van der Waals surface area contributed by atoms with Crippen molar-refractivity contribution in [3.63, 3.8) is 0 Å². The molecule has 2 aromatic rings. The number of carbonyl (C=O) groups excluding carboxylic acids is 1. The molecule has 3 unspecified atom stereocenters. The first-order chi connectivity index (χ1) is 15.3. The van der Waals surface area contributed by atoms with Gasteiger partial charge in [-0.05, 0) is 38.0 Å². The third-order valence-corrected chi connectivity index (χ3v) is 5.68. The van der Waals surface area contributed by atoms with E-state index >= 15 is 0 Å². The van der Waals surface area contributed by atoms with E-state index in [0.29, 0.717) is 24.1 Å². The van der Waals surface area contributed by atoms with Crippen LogP contribution < -0.4 is 11.1 Å². The van der Waals surface area contributed by atoms with Crippen molar-refractivity contribution in [2.45, 2.75) is 64.1 Å². The van der Waals surface area contributed by atoms with Gasteiger partial charge in [-0.3, -0.25) is 9.36 Å². The Morgan fingerprint density at radius 1 is 1.47 bits per heavy atom. The fourth-order valence-electron chi connectivity index (χ4n) is 3.69. The third kappa shape index (κ3) is 5.16. The molecular weight excluding hydrogens is 416 g/mol. The van der Waals surface area contributed by atoms with Crippen molar-refractivity contribution in [3.8, 4) is 11.8 Å². The lowest BCUT2D eigenvalue weighted by Gasteiger charge is -2.33. The molecule has 174 valence electrons. The Labute approximate surface area is 186 Å². The molecule has 1 saturated carbocycles. The van der Waals surface area contributed by atoms with E-state index in [2.05, 4.69) is 32.1 Å². The number of nitrogen functional groups attached to an aromatic ring is 1. The number of fused-ring (bicyclic) bond motifs is 1. The molecule has 1 aliphatic carbocycles. The van der Waals surface area contributed by atoms with Crippen molar-refractivity contribution in [1.29, 1.82) is 0 Å². The molecule has 2 aromatic heterocycles. The quantitative estimate of drug-likeness (QED) is 0.353. The molecule has 1 fully saturated rings. The highest BCUT2D eigenvalue weighted by Crippen LogP contribution is 2.33. The zero-order valence-corrected chi connectivity index (χ0v) is 18.3. The van der Waals surface area contributed by atoms with Crippen LogP contribution in [0.3, 0.4) is 0 Å². The van der Waals surface area contributed by atoms with E-state index in [9.17, 15) is 20.1 Å². The molecule has 11 nitrogen and oxygen atoms in total. The van der Waals surface area contributed by atoms with Gasteiger partial charge in [-0.2, -0.15) is 0 Å². The number of anilines is 1. The molecule has 1 amide bonds. The smallest absolute Gasteiger partial charge is 0.252 e. The van der Waals surface area contributed by atoms with Gasteiger partial charge in [0.25, 0.3) is 5.91 Å². The number of nitrogens with zero attached hydrogens (tertiary/aromatic N) is 4. The van der Waals surface area contributed by atoms with Crippen molar-refractivity contribution in [2.75, 3.05) is 18.9 Å². The van der Waals surface area contributed by atoms with Gasteiger partial charge in [0.15, 0.2) is 17.6 Å². The zero-order chi connectivity index (χ0) is 23.3. The first-order valence-corrected chi connectivity index (χ1v) is 10.7. The predicted octanol–water partition coefficient (Wildman–Crippen LogP) is -0.467. The van der Waals surface area contributed by atoms with Crippen LogP contribution in [0.2, 0.25) is 0 Å². The molecule has 0 aromatic carbocycles. The number of aromatic nitrogens is 4. The fraction of sp³-hybridized carbons (Fsp3) is 0.619. The molecule has 0 spiro atoms. The van der Waals surface area contributed by atoms with Crippen LogP contribution in [0.15, 0.2) is 6.33 Å². The highest BCUT2D eigenvalue weighted by atomic mass is 16.5. The van der Waals surface area contributed by atoms with Gasteiger partial charge in [-0.15, -0.1) is 0 Å². The standard InChI is InChI=1S/C21H30N6O5/c1-3-23-20(30)17(14(29)10-28)32-12-27-11-24-16-18(22)25-15(26-19(16)27)7-9-21(31)8-5-4-6-13(21)2/h11,13-14,17,28-29,31H,3-6,8,10,12H2,1-2H3,(H,23,30)(H2,22,25,26)/t13?,14?,17-,21?/m0/s1. The van der Waals surface area contributed by atoms with Gasteiger partial charge in [0.1, 0.15) is 24.0 Å². The van der Waals surface area contributed by atoms with Crippen molar-refractivity contribution in [1.82, 2.24) is 24.8 Å². The average Bonchev–Trinajstić information content (AvgIpc) is 3.18. The molecule has 0 radical (unpaired) electrons. The van der Waals surface area contributed by atoms with Crippen LogP contribution in [0.25, 0.3) is 11.2 Å². The maximum atomic E-state index is 12.1. The number of likely N-dealkylation sites (N-methyl/N-ethyl adjacent to an activating group) is 1. The van der Waals surface area contributed by atoms with E-state index in [1.165, 1.54) is 10.9 Å². The molecule has 6 N–H and O–H groups in total. The van der Waals surface area contributed by atoms with Crippen LogP contribution in [-0.2, 0) is 16.3 Å². The Bertz CT molecular complexity index is 1020. The summed E-state index contributed by atoms with van der Waals surface area (Å²) in [4.78, 5) is 24.9. The Hall–Kier alpha value is -2.78. The number of nitrogens with one attached hydrogen (secondary N) is 1. The number of carbonyl (C=O) groups is 1. The van der Waals surface area contributed by atoms with E-state index in [-0.39, 0.29) is 24.3 Å². The summed E-state index contributed by atoms with van der Waals surface area (Å²) < 4.78 is 7.04. The zero-order valence-electron chi connectivity index (χ0n) is 18.3. The molecule has 11 heteroatoms. The highest BCUT2D eigenvalue weighted by Gasteiger charge is 2.34. The van der Waals surface area contributed by atoms with Crippen molar-refractivity contribution in [2.24, 2.45) is 5.92 Å². The molecule has 0 aliphatic heterocycles. The van der Waals surface area contributed by atoms with Gasteiger partial charge in [-0.1, -0.05) is 19.3 Å². The van der Waals surface area contributed by atoms with Crippen LogP contribution in [0.5, 0.6) is 0 Å². The lowest BCUT2D eigenvalue weighted by Crippen LogP contribution is -2.45. The number of rotatable bonds is 7. The van der Waals surface area contributed by atoms with Crippen molar-refractivity contribution in [3.05, 3.63) is 12.2 Å². The normalized spacial score (nSPS) is 22.7. The minimum Gasteiger partial charge on any atom is -0.394 e. The van der Waals surface area contributed by atoms with Crippen LogP contribution >= 0.6 is 0 Å². The predicted molar refractivity (Wildman–Crippen MR) is 116 cm³/mol. The van der Waals surface area contributed by atoms with Gasteiger partial charge in [0, 0.05) is 6.54 Å². The maximum absolute atomic E-state index is 12.1. The molecule has 1 aliphatic rings. The van der Waals surface area contributed by atoms with Gasteiger partial charge in [-0.25, -0.2) is 15.0 Å². The summed E-state index contributed by atoms with van der Waals surface area (Å²) in [6, 6.07) is 0. The van der Waals surface area contributed by atoms with Crippen molar-refractivity contribution < 1.29 is 24.9 Å². The van der Waals surface area contributed by atoms with E-state index in [1.54, 1.807) is 6.92 Å². The van der Waals surface area contributed by atoms with Crippen LogP contribution in [0.1, 0.15) is 45.4 Å². The second-order valence-electron chi connectivity index (χ2n) is 8.00. The van der Waals surface area contributed by atoms with E-state index in [1.807, 2.05) is 6.92 Å². The second kappa shape index (κ2) is 10.2. The molecule has 4 atom stereocenters. The summed E-state index contributed by atoms with van der Waals surface area (Å²) in [7, 11) is 0. The molecule has 3 rings (SSSR count). The number of imidazole rings is 1. The Morgan fingerprint density at radius 3 is 2.94 bits per heavy atom. The fourth-order valence-corrected chi connectivity index (χ4v) is 3.69. The largest absolute Gasteiger partial charge is 0.394 e. The SMILES string of the molecule is CCNC(=O)[C@@H](OCn1cnc2c(N)nc(C#CC3(O)CCCCC3C)nc21)C(O)CO. The van der Waals surface area contributed by atoms with Gasteiger partial charge < -0.3 is 31.1 Å². The topological polar surface area (TPSA) is 169 Å². The summed E-state index contributed by atoms with van der Waals surface area (Å²) in [6.07, 6.45) is 2.23. The van der Waals surface area contributed by atoms with Gasteiger partial charge in [0.05, 0.1) is 12.9 Å². The molecule has 0 bridgehead atoms. The Balaban J connectivity index is 1.85.